The summed E-state index contributed by atoms with van der Waals surface area (Å²) in [6.07, 6.45) is 4.83. The molecular formula is C9H17NO2. The molecule has 0 spiro atoms. The van der Waals surface area contributed by atoms with Crippen molar-refractivity contribution in [3.8, 4) is 0 Å². The number of piperidine rings is 1. The number of hydrogen-bond donors (Lipinski definition) is 3. The summed E-state index contributed by atoms with van der Waals surface area (Å²) in [6, 6.07) is 0. The molecule has 1 saturated carbocycles. The van der Waals surface area contributed by atoms with Crippen LogP contribution < -0.4 is 5.32 Å². The lowest BCUT2D eigenvalue weighted by atomic mass is 9.74. The van der Waals surface area contributed by atoms with Crippen LogP contribution in [-0.4, -0.2) is 29.1 Å². The summed E-state index contributed by atoms with van der Waals surface area (Å²) in [4.78, 5) is 0. The fourth-order valence-corrected chi connectivity index (χ4v) is 2.77. The Hall–Kier alpha value is -0.120. The van der Waals surface area contributed by atoms with Gasteiger partial charge in [-0.2, -0.15) is 0 Å². The number of rotatable bonds is 1. The molecule has 1 saturated heterocycles. The average Bonchev–Trinajstić information content (AvgIpc) is 2.42. The summed E-state index contributed by atoms with van der Waals surface area (Å²) in [5, 5.41) is 22.7. The Morgan fingerprint density at radius 3 is 2.58 bits per heavy atom. The van der Waals surface area contributed by atoms with Crippen molar-refractivity contribution in [1.82, 2.24) is 5.32 Å². The van der Waals surface area contributed by atoms with E-state index in [9.17, 15) is 10.2 Å². The zero-order valence-electron chi connectivity index (χ0n) is 7.34. The van der Waals surface area contributed by atoms with E-state index < -0.39 is 5.72 Å². The maximum Gasteiger partial charge on any atom is 0.123 e. The van der Waals surface area contributed by atoms with Gasteiger partial charge in [0.15, 0.2) is 0 Å². The van der Waals surface area contributed by atoms with Crippen LogP contribution in [0.1, 0.15) is 32.1 Å². The van der Waals surface area contributed by atoms with Crippen LogP contribution in [0.4, 0.5) is 0 Å². The van der Waals surface area contributed by atoms with Gasteiger partial charge in [0.25, 0.3) is 0 Å². The predicted molar refractivity (Wildman–Crippen MR) is 45.6 cm³/mol. The number of aliphatic hydroxyl groups is 2. The molecule has 0 aromatic carbocycles. The standard InChI is InChI=1S/C9H17NO2/c11-7-8-3-1-5-9(8,12)10-6-2-4-8/h10-12H,1-7H2. The van der Waals surface area contributed by atoms with E-state index in [1.807, 2.05) is 0 Å². The molecule has 2 rings (SSSR count). The molecule has 12 heavy (non-hydrogen) atoms. The van der Waals surface area contributed by atoms with Crippen molar-refractivity contribution in [1.29, 1.82) is 0 Å². The molecule has 1 aliphatic heterocycles. The van der Waals surface area contributed by atoms with Crippen LogP contribution >= 0.6 is 0 Å². The van der Waals surface area contributed by atoms with E-state index in [0.29, 0.717) is 0 Å². The summed E-state index contributed by atoms with van der Waals surface area (Å²) in [5.41, 5.74) is -0.995. The summed E-state index contributed by atoms with van der Waals surface area (Å²) in [7, 11) is 0. The lowest BCUT2D eigenvalue weighted by Gasteiger charge is -2.45. The summed E-state index contributed by atoms with van der Waals surface area (Å²) in [6.45, 7) is 1.01. The second-order valence-electron chi connectivity index (χ2n) is 4.18. The first-order valence-corrected chi connectivity index (χ1v) is 4.81. The smallest absolute Gasteiger partial charge is 0.123 e. The maximum atomic E-state index is 10.2. The molecule has 3 nitrogen and oxygen atoms in total. The normalized spacial score (nSPS) is 47.5. The summed E-state index contributed by atoms with van der Waals surface area (Å²) < 4.78 is 0. The third-order valence-corrected chi connectivity index (χ3v) is 3.62. The van der Waals surface area contributed by atoms with Crippen LogP contribution in [0.5, 0.6) is 0 Å². The van der Waals surface area contributed by atoms with E-state index >= 15 is 0 Å². The summed E-state index contributed by atoms with van der Waals surface area (Å²) >= 11 is 0. The number of nitrogens with one attached hydrogen (secondary N) is 1. The minimum absolute atomic E-state index is 0.122. The van der Waals surface area contributed by atoms with Gasteiger partial charge in [-0.3, -0.25) is 5.32 Å². The van der Waals surface area contributed by atoms with E-state index in [2.05, 4.69) is 5.32 Å². The molecule has 0 aromatic rings. The van der Waals surface area contributed by atoms with Crippen molar-refractivity contribution >= 4 is 0 Å². The van der Waals surface area contributed by atoms with Crippen molar-refractivity contribution in [2.45, 2.75) is 37.8 Å². The van der Waals surface area contributed by atoms with Crippen LogP contribution in [0.25, 0.3) is 0 Å². The fourth-order valence-electron chi connectivity index (χ4n) is 2.77. The van der Waals surface area contributed by atoms with Gasteiger partial charge < -0.3 is 10.2 Å². The van der Waals surface area contributed by atoms with E-state index in [4.69, 9.17) is 0 Å². The highest BCUT2D eigenvalue weighted by Gasteiger charge is 2.54. The van der Waals surface area contributed by atoms with E-state index in [1.165, 1.54) is 0 Å². The van der Waals surface area contributed by atoms with Gasteiger partial charge in [-0.25, -0.2) is 0 Å². The highest BCUT2D eigenvalue weighted by molar-refractivity contribution is 5.04. The van der Waals surface area contributed by atoms with Crippen molar-refractivity contribution in [2.24, 2.45) is 5.41 Å². The SMILES string of the molecule is OCC12CCCNC1(O)CCC2. The average molecular weight is 171 g/mol. The second-order valence-corrected chi connectivity index (χ2v) is 4.18. The van der Waals surface area contributed by atoms with Crippen LogP contribution in [0.2, 0.25) is 0 Å². The number of aliphatic hydroxyl groups excluding tert-OH is 1. The van der Waals surface area contributed by atoms with E-state index in [1.54, 1.807) is 0 Å². The third-order valence-electron chi connectivity index (χ3n) is 3.62. The van der Waals surface area contributed by atoms with E-state index in [-0.39, 0.29) is 12.0 Å². The molecule has 2 atom stereocenters. The topological polar surface area (TPSA) is 52.5 Å². The van der Waals surface area contributed by atoms with Crippen LogP contribution in [0.15, 0.2) is 0 Å². The molecular weight excluding hydrogens is 154 g/mol. The number of fused-ring (bicyclic) bond motifs is 1. The van der Waals surface area contributed by atoms with Crippen molar-refractivity contribution in [2.75, 3.05) is 13.2 Å². The largest absolute Gasteiger partial charge is 0.396 e. The Kier molecular flexibility index (Phi) is 1.90. The second kappa shape index (κ2) is 2.69. The molecule has 3 N–H and O–H groups in total. The monoisotopic (exact) mass is 171 g/mol. The van der Waals surface area contributed by atoms with Crippen LogP contribution in [0, 0.1) is 5.41 Å². The fraction of sp³-hybridized carbons (Fsp3) is 1.00. The predicted octanol–water partition coefficient (Wildman–Crippen LogP) is 0.221. The van der Waals surface area contributed by atoms with Gasteiger partial charge in [0.2, 0.25) is 0 Å². The molecule has 2 aliphatic rings. The molecule has 70 valence electrons. The quantitative estimate of drug-likeness (QED) is 0.529. The molecule has 1 heterocycles. The van der Waals surface area contributed by atoms with Crippen molar-refractivity contribution < 1.29 is 10.2 Å². The molecule has 2 fully saturated rings. The minimum atomic E-state index is -0.764. The molecule has 0 amide bonds. The van der Waals surface area contributed by atoms with Crippen LogP contribution in [-0.2, 0) is 0 Å². The van der Waals surface area contributed by atoms with Gasteiger partial charge in [-0.15, -0.1) is 0 Å². The molecule has 3 heteroatoms. The first kappa shape index (κ1) is 8.48. The molecule has 2 unspecified atom stereocenters. The molecule has 0 radical (unpaired) electrons. The first-order valence-electron chi connectivity index (χ1n) is 4.81. The Morgan fingerprint density at radius 2 is 1.92 bits per heavy atom. The third kappa shape index (κ3) is 0.934. The summed E-state index contributed by atoms with van der Waals surface area (Å²) in [5.74, 6) is 0. The maximum absolute atomic E-state index is 10.2. The van der Waals surface area contributed by atoms with Crippen molar-refractivity contribution in [3.63, 3.8) is 0 Å². The van der Waals surface area contributed by atoms with Crippen LogP contribution in [0.3, 0.4) is 0 Å². The molecule has 0 aromatic heterocycles. The Bertz CT molecular complexity index is 185. The van der Waals surface area contributed by atoms with Gasteiger partial charge in [0, 0.05) is 5.41 Å². The highest BCUT2D eigenvalue weighted by Crippen LogP contribution is 2.49. The number of hydrogen-bond acceptors (Lipinski definition) is 3. The van der Waals surface area contributed by atoms with Gasteiger partial charge in [0.05, 0.1) is 6.61 Å². The Labute approximate surface area is 72.8 Å². The lowest BCUT2D eigenvalue weighted by Crippen LogP contribution is -2.60. The zero-order valence-corrected chi connectivity index (χ0v) is 7.34. The first-order chi connectivity index (χ1) is 5.72. The Morgan fingerprint density at radius 1 is 1.17 bits per heavy atom. The highest BCUT2D eigenvalue weighted by atomic mass is 16.3. The van der Waals surface area contributed by atoms with E-state index in [0.717, 1.165) is 38.6 Å². The lowest BCUT2D eigenvalue weighted by molar-refractivity contribution is -0.130. The zero-order chi connectivity index (χ0) is 8.66. The van der Waals surface area contributed by atoms with Gasteiger partial charge in [0.1, 0.15) is 5.72 Å². The molecule has 1 aliphatic carbocycles. The van der Waals surface area contributed by atoms with Crippen molar-refractivity contribution in [3.05, 3.63) is 0 Å². The van der Waals surface area contributed by atoms with Gasteiger partial charge in [-0.1, -0.05) is 0 Å². The Balaban J connectivity index is 2.25. The van der Waals surface area contributed by atoms with Gasteiger partial charge >= 0.3 is 0 Å². The van der Waals surface area contributed by atoms with Gasteiger partial charge in [-0.05, 0) is 38.6 Å². The molecule has 0 bridgehead atoms. The minimum Gasteiger partial charge on any atom is -0.396 e.